The molecule has 0 bridgehead atoms. The number of aliphatic imine (C=N–C) groups is 1. The summed E-state index contributed by atoms with van der Waals surface area (Å²) in [5.74, 6) is 0.850. The van der Waals surface area contributed by atoms with E-state index < -0.39 is 0 Å². The highest BCUT2D eigenvalue weighted by Gasteiger charge is 2.09. The van der Waals surface area contributed by atoms with Crippen LogP contribution in [-0.4, -0.2) is 63.0 Å². The first-order valence-electron chi connectivity index (χ1n) is 6.87. The highest BCUT2D eigenvalue weighted by molar-refractivity contribution is 9.10. The first-order chi connectivity index (χ1) is 10.1. The maximum absolute atomic E-state index is 5.42. The zero-order chi connectivity index (χ0) is 15.7. The molecule has 1 aromatic rings. The number of aromatic nitrogens is 1. The molecule has 0 unspecified atom stereocenters. The second-order valence-electron chi connectivity index (χ2n) is 4.70. The number of hydrogen-bond acceptors (Lipinski definition) is 3. The van der Waals surface area contributed by atoms with Crippen LogP contribution in [0.15, 0.2) is 21.7 Å². The summed E-state index contributed by atoms with van der Waals surface area (Å²) < 4.78 is 13.5. The smallest absolute Gasteiger partial charge is 0.193 e. The summed E-state index contributed by atoms with van der Waals surface area (Å²) in [4.78, 5) is 6.37. The van der Waals surface area contributed by atoms with Gasteiger partial charge in [0.2, 0.25) is 0 Å². The van der Waals surface area contributed by atoms with E-state index in [1.807, 2.05) is 20.3 Å². The van der Waals surface area contributed by atoms with Gasteiger partial charge in [0.1, 0.15) is 0 Å². The van der Waals surface area contributed by atoms with E-state index in [9.17, 15) is 0 Å². The van der Waals surface area contributed by atoms with Crippen LogP contribution in [0.2, 0.25) is 0 Å². The van der Waals surface area contributed by atoms with Gasteiger partial charge in [-0.15, -0.1) is 0 Å². The number of ether oxygens (including phenoxy) is 2. The number of halogens is 1. The number of nitrogens with one attached hydrogen (secondary N) is 1. The van der Waals surface area contributed by atoms with Crippen LogP contribution >= 0.6 is 15.9 Å². The zero-order valence-electron chi connectivity index (χ0n) is 13.2. The molecule has 0 aliphatic heterocycles. The van der Waals surface area contributed by atoms with E-state index in [0.29, 0.717) is 19.8 Å². The Hall–Kier alpha value is -1.05. The zero-order valence-corrected chi connectivity index (χ0v) is 14.8. The molecule has 1 heterocycles. The van der Waals surface area contributed by atoms with Crippen molar-refractivity contribution in [2.75, 3.05) is 47.6 Å². The van der Waals surface area contributed by atoms with Gasteiger partial charge in [-0.3, -0.25) is 4.99 Å². The van der Waals surface area contributed by atoms with Gasteiger partial charge in [0.05, 0.1) is 26.4 Å². The fourth-order valence-corrected chi connectivity index (χ4v) is 2.48. The van der Waals surface area contributed by atoms with E-state index in [0.717, 1.165) is 23.5 Å². The van der Waals surface area contributed by atoms with Crippen LogP contribution < -0.4 is 5.32 Å². The molecule has 0 aromatic carbocycles. The topological polar surface area (TPSA) is 51.0 Å². The molecule has 21 heavy (non-hydrogen) atoms. The lowest BCUT2D eigenvalue weighted by atomic mass is 10.4. The molecule has 0 radical (unpaired) electrons. The molecule has 0 saturated carbocycles. The van der Waals surface area contributed by atoms with Crippen LogP contribution in [0.3, 0.4) is 0 Å². The van der Waals surface area contributed by atoms with Gasteiger partial charge < -0.3 is 24.3 Å². The lowest BCUT2D eigenvalue weighted by Gasteiger charge is -2.22. The summed E-state index contributed by atoms with van der Waals surface area (Å²) in [5, 5.41) is 3.28. The summed E-state index contributed by atoms with van der Waals surface area (Å²) >= 11 is 3.49. The minimum atomic E-state index is 0.615. The quantitative estimate of drug-likeness (QED) is 0.433. The van der Waals surface area contributed by atoms with E-state index in [1.54, 1.807) is 14.2 Å². The third kappa shape index (κ3) is 6.50. The first-order valence-corrected chi connectivity index (χ1v) is 7.67. The molecule has 120 valence electrons. The standard InChI is InChI=1S/C14H25BrN4O2/c1-16-14(17-5-6-21-8-7-20-4)19(3)11-13-9-12(15)10-18(13)2/h9-10H,5-8,11H2,1-4H3,(H,16,17). The highest BCUT2D eigenvalue weighted by Crippen LogP contribution is 2.14. The molecule has 1 N–H and O–H groups in total. The van der Waals surface area contributed by atoms with E-state index in [2.05, 4.69) is 41.8 Å². The fraction of sp³-hybridized carbons (Fsp3) is 0.643. The summed E-state index contributed by atoms with van der Waals surface area (Å²) in [6, 6.07) is 2.11. The molecule has 7 heteroatoms. The minimum absolute atomic E-state index is 0.615. The van der Waals surface area contributed by atoms with E-state index in [1.165, 1.54) is 5.69 Å². The SMILES string of the molecule is CN=C(NCCOCCOC)N(C)Cc1cc(Br)cn1C. The van der Waals surface area contributed by atoms with Crippen molar-refractivity contribution in [1.82, 2.24) is 14.8 Å². The van der Waals surface area contributed by atoms with Crippen molar-refractivity contribution in [3.8, 4) is 0 Å². The Morgan fingerprint density at radius 3 is 2.76 bits per heavy atom. The third-order valence-electron chi connectivity index (χ3n) is 3.01. The fourth-order valence-electron chi connectivity index (χ4n) is 1.91. The number of hydrogen-bond donors (Lipinski definition) is 1. The highest BCUT2D eigenvalue weighted by atomic mass is 79.9. The van der Waals surface area contributed by atoms with Crippen molar-refractivity contribution in [2.45, 2.75) is 6.54 Å². The first kappa shape index (κ1) is 18.0. The van der Waals surface area contributed by atoms with Gasteiger partial charge >= 0.3 is 0 Å². The molecule has 6 nitrogen and oxygen atoms in total. The summed E-state index contributed by atoms with van der Waals surface area (Å²) in [6.45, 7) is 3.37. The summed E-state index contributed by atoms with van der Waals surface area (Å²) in [7, 11) is 7.50. The number of nitrogens with zero attached hydrogens (tertiary/aromatic N) is 3. The number of guanidine groups is 1. The normalized spacial score (nSPS) is 11.8. The van der Waals surface area contributed by atoms with Crippen molar-refractivity contribution in [2.24, 2.45) is 12.0 Å². The molecule has 1 rings (SSSR count). The largest absolute Gasteiger partial charge is 0.382 e. The summed E-state index contributed by atoms with van der Waals surface area (Å²) in [6.07, 6.45) is 2.04. The lowest BCUT2D eigenvalue weighted by Crippen LogP contribution is -2.40. The number of methoxy groups -OCH3 is 1. The van der Waals surface area contributed by atoms with Gasteiger partial charge in [-0.25, -0.2) is 0 Å². The predicted octanol–water partition coefficient (Wildman–Crippen LogP) is 1.46. The van der Waals surface area contributed by atoms with Gasteiger partial charge in [-0.1, -0.05) is 0 Å². The molecule has 0 spiro atoms. The predicted molar refractivity (Wildman–Crippen MR) is 88.6 cm³/mol. The monoisotopic (exact) mass is 360 g/mol. The Morgan fingerprint density at radius 2 is 2.19 bits per heavy atom. The van der Waals surface area contributed by atoms with E-state index in [-0.39, 0.29) is 0 Å². The van der Waals surface area contributed by atoms with Crippen LogP contribution in [0, 0.1) is 0 Å². The summed E-state index contributed by atoms with van der Waals surface area (Å²) in [5.41, 5.74) is 1.21. The Bertz CT molecular complexity index is 448. The van der Waals surface area contributed by atoms with Crippen molar-refractivity contribution in [1.29, 1.82) is 0 Å². The molecule has 0 atom stereocenters. The maximum atomic E-state index is 5.42. The van der Waals surface area contributed by atoms with Crippen LogP contribution in [0.25, 0.3) is 0 Å². The molecule has 0 aliphatic rings. The van der Waals surface area contributed by atoms with Gasteiger partial charge in [0.25, 0.3) is 0 Å². The molecule has 0 fully saturated rings. The average Bonchev–Trinajstić information content (AvgIpc) is 2.76. The van der Waals surface area contributed by atoms with Crippen LogP contribution in [-0.2, 0) is 23.1 Å². The molecular formula is C14H25BrN4O2. The Labute approximate surface area is 135 Å². The van der Waals surface area contributed by atoms with Gasteiger partial charge in [0.15, 0.2) is 5.96 Å². The maximum Gasteiger partial charge on any atom is 0.193 e. The second-order valence-corrected chi connectivity index (χ2v) is 5.61. The molecular weight excluding hydrogens is 336 g/mol. The number of aryl methyl sites for hydroxylation is 1. The second kappa shape index (κ2) is 9.81. The van der Waals surface area contributed by atoms with Crippen molar-refractivity contribution in [3.63, 3.8) is 0 Å². The van der Waals surface area contributed by atoms with Gasteiger partial charge in [-0.05, 0) is 22.0 Å². The van der Waals surface area contributed by atoms with Gasteiger partial charge in [0, 0.05) is 51.2 Å². The van der Waals surface area contributed by atoms with Gasteiger partial charge in [-0.2, -0.15) is 0 Å². The van der Waals surface area contributed by atoms with Crippen LogP contribution in [0.1, 0.15) is 5.69 Å². The van der Waals surface area contributed by atoms with Crippen molar-refractivity contribution in [3.05, 3.63) is 22.4 Å². The average molecular weight is 361 g/mol. The van der Waals surface area contributed by atoms with Crippen LogP contribution in [0.5, 0.6) is 0 Å². The Kier molecular flexibility index (Phi) is 8.41. The third-order valence-corrected chi connectivity index (χ3v) is 3.44. The lowest BCUT2D eigenvalue weighted by molar-refractivity contribution is 0.0731. The Balaban J connectivity index is 2.36. The minimum Gasteiger partial charge on any atom is -0.382 e. The Morgan fingerprint density at radius 1 is 1.43 bits per heavy atom. The van der Waals surface area contributed by atoms with E-state index >= 15 is 0 Å². The molecule has 0 saturated heterocycles. The van der Waals surface area contributed by atoms with Crippen molar-refractivity contribution >= 4 is 21.9 Å². The van der Waals surface area contributed by atoms with Crippen molar-refractivity contribution < 1.29 is 9.47 Å². The van der Waals surface area contributed by atoms with Crippen LogP contribution in [0.4, 0.5) is 0 Å². The molecule has 0 amide bonds. The van der Waals surface area contributed by atoms with E-state index in [4.69, 9.17) is 9.47 Å². The molecule has 0 aliphatic carbocycles. The number of rotatable bonds is 8. The molecule has 1 aromatic heterocycles.